The van der Waals surface area contributed by atoms with Crippen molar-refractivity contribution >= 4 is 0 Å². The van der Waals surface area contributed by atoms with E-state index in [0.717, 1.165) is 12.2 Å². The summed E-state index contributed by atoms with van der Waals surface area (Å²) in [5.74, 6) is 0. The Bertz CT molecular complexity index is 250. The van der Waals surface area contributed by atoms with E-state index in [0.29, 0.717) is 12.1 Å². The minimum atomic E-state index is 0.452. The minimum absolute atomic E-state index is 0.452. The summed E-state index contributed by atoms with van der Waals surface area (Å²) in [6.45, 7) is 9.40. The van der Waals surface area contributed by atoms with Crippen LogP contribution in [0, 0.1) is 0 Å². The van der Waals surface area contributed by atoms with Gasteiger partial charge in [0.2, 0.25) is 0 Å². The molecule has 0 saturated heterocycles. The number of rotatable bonds is 4. The van der Waals surface area contributed by atoms with Crippen LogP contribution in [0.1, 0.15) is 39.4 Å². The van der Waals surface area contributed by atoms with Crippen LogP contribution in [0.15, 0.2) is 12.3 Å². The van der Waals surface area contributed by atoms with Crippen molar-refractivity contribution < 1.29 is 0 Å². The van der Waals surface area contributed by atoms with Gasteiger partial charge in [0.05, 0.1) is 5.69 Å². The zero-order valence-corrected chi connectivity index (χ0v) is 8.91. The highest BCUT2D eigenvalue weighted by molar-refractivity contribution is 4.99. The molecule has 0 spiro atoms. The van der Waals surface area contributed by atoms with Gasteiger partial charge in [-0.05, 0) is 19.9 Å². The predicted molar refractivity (Wildman–Crippen MR) is 54.6 cm³/mol. The van der Waals surface area contributed by atoms with Crippen LogP contribution in [0.5, 0.6) is 0 Å². The fraction of sp³-hybridized carbons (Fsp3) is 0.700. The molecule has 0 atom stereocenters. The Morgan fingerprint density at radius 2 is 2.08 bits per heavy atom. The van der Waals surface area contributed by atoms with Crippen molar-refractivity contribution in [2.24, 2.45) is 0 Å². The molecule has 1 aromatic heterocycles. The molecular formula is C10H19N3. The summed E-state index contributed by atoms with van der Waals surface area (Å²) < 4.78 is 1.98. The summed E-state index contributed by atoms with van der Waals surface area (Å²) in [6, 6.07) is 3.03. The van der Waals surface area contributed by atoms with Gasteiger partial charge in [0, 0.05) is 24.8 Å². The summed E-state index contributed by atoms with van der Waals surface area (Å²) in [7, 11) is 0. The molecule has 0 aliphatic heterocycles. The lowest BCUT2D eigenvalue weighted by Gasteiger charge is -2.06. The third-order valence-corrected chi connectivity index (χ3v) is 1.88. The number of nitrogens with one attached hydrogen (secondary N) is 1. The number of hydrogen-bond donors (Lipinski definition) is 1. The molecule has 74 valence electrons. The maximum absolute atomic E-state index is 4.44. The Kier molecular flexibility index (Phi) is 3.48. The third-order valence-electron chi connectivity index (χ3n) is 1.88. The van der Waals surface area contributed by atoms with E-state index in [9.17, 15) is 0 Å². The van der Waals surface area contributed by atoms with Crippen LogP contribution in [0.25, 0.3) is 0 Å². The van der Waals surface area contributed by atoms with E-state index < -0.39 is 0 Å². The standard InChI is InChI=1S/C10H19N3/c1-8(2)11-7-10-5-6-13(12-10)9(3)4/h5-6,8-9,11H,7H2,1-4H3. The second-order valence-corrected chi connectivity index (χ2v) is 3.92. The summed E-state index contributed by atoms with van der Waals surface area (Å²) in [5.41, 5.74) is 1.11. The molecule has 0 fully saturated rings. The van der Waals surface area contributed by atoms with E-state index in [4.69, 9.17) is 0 Å². The van der Waals surface area contributed by atoms with Crippen LogP contribution in [0.3, 0.4) is 0 Å². The smallest absolute Gasteiger partial charge is 0.0762 e. The van der Waals surface area contributed by atoms with E-state index in [-0.39, 0.29) is 0 Å². The third kappa shape index (κ3) is 3.19. The van der Waals surface area contributed by atoms with Crippen LogP contribution in [0.4, 0.5) is 0 Å². The van der Waals surface area contributed by atoms with E-state index in [1.807, 2.05) is 10.9 Å². The Hall–Kier alpha value is -0.830. The van der Waals surface area contributed by atoms with Crippen LogP contribution in [-0.2, 0) is 6.54 Å². The van der Waals surface area contributed by atoms with Crippen molar-refractivity contribution in [1.29, 1.82) is 0 Å². The molecule has 0 bridgehead atoms. The molecule has 1 rings (SSSR count). The Morgan fingerprint density at radius 3 is 2.54 bits per heavy atom. The zero-order valence-electron chi connectivity index (χ0n) is 8.91. The summed E-state index contributed by atoms with van der Waals surface area (Å²) in [5, 5.41) is 7.77. The minimum Gasteiger partial charge on any atom is -0.309 e. The first kappa shape index (κ1) is 10.3. The fourth-order valence-electron chi connectivity index (χ4n) is 1.07. The molecule has 0 aliphatic carbocycles. The maximum Gasteiger partial charge on any atom is 0.0762 e. The molecule has 13 heavy (non-hydrogen) atoms. The monoisotopic (exact) mass is 181 g/mol. The van der Waals surface area contributed by atoms with Crippen molar-refractivity contribution in [2.75, 3.05) is 0 Å². The Morgan fingerprint density at radius 1 is 1.38 bits per heavy atom. The molecule has 0 amide bonds. The molecule has 1 N–H and O–H groups in total. The summed E-state index contributed by atoms with van der Waals surface area (Å²) in [4.78, 5) is 0. The average molecular weight is 181 g/mol. The normalized spacial score (nSPS) is 11.5. The number of aromatic nitrogens is 2. The molecule has 0 aliphatic rings. The van der Waals surface area contributed by atoms with E-state index in [1.54, 1.807) is 0 Å². The highest BCUT2D eigenvalue weighted by Crippen LogP contribution is 2.03. The zero-order chi connectivity index (χ0) is 9.84. The molecule has 1 aromatic rings. The highest BCUT2D eigenvalue weighted by atomic mass is 15.3. The average Bonchev–Trinajstić information content (AvgIpc) is 2.48. The lowest BCUT2D eigenvalue weighted by Crippen LogP contribution is -2.22. The first-order valence-electron chi connectivity index (χ1n) is 4.87. The highest BCUT2D eigenvalue weighted by Gasteiger charge is 2.01. The lowest BCUT2D eigenvalue weighted by molar-refractivity contribution is 0.514. The van der Waals surface area contributed by atoms with Crippen molar-refractivity contribution in [3.63, 3.8) is 0 Å². The molecule has 1 heterocycles. The van der Waals surface area contributed by atoms with Crippen molar-refractivity contribution in [2.45, 2.75) is 46.3 Å². The lowest BCUT2D eigenvalue weighted by atomic mass is 10.3. The molecule has 0 unspecified atom stereocenters. The van der Waals surface area contributed by atoms with Gasteiger partial charge in [0.25, 0.3) is 0 Å². The van der Waals surface area contributed by atoms with Crippen LogP contribution in [0.2, 0.25) is 0 Å². The van der Waals surface area contributed by atoms with Gasteiger partial charge < -0.3 is 5.32 Å². The number of hydrogen-bond acceptors (Lipinski definition) is 2. The van der Waals surface area contributed by atoms with Gasteiger partial charge in [0.15, 0.2) is 0 Å². The maximum atomic E-state index is 4.44. The quantitative estimate of drug-likeness (QED) is 0.769. The fourth-order valence-corrected chi connectivity index (χ4v) is 1.07. The van der Waals surface area contributed by atoms with E-state index in [2.05, 4.69) is 44.2 Å². The molecule has 0 radical (unpaired) electrons. The first-order chi connectivity index (χ1) is 6.09. The van der Waals surface area contributed by atoms with E-state index >= 15 is 0 Å². The van der Waals surface area contributed by atoms with Gasteiger partial charge in [-0.25, -0.2) is 0 Å². The van der Waals surface area contributed by atoms with Crippen LogP contribution >= 0.6 is 0 Å². The summed E-state index contributed by atoms with van der Waals surface area (Å²) >= 11 is 0. The molecule has 3 nitrogen and oxygen atoms in total. The summed E-state index contributed by atoms with van der Waals surface area (Å²) in [6.07, 6.45) is 2.03. The van der Waals surface area contributed by atoms with Gasteiger partial charge in [0.1, 0.15) is 0 Å². The largest absolute Gasteiger partial charge is 0.309 e. The molecule has 0 aromatic carbocycles. The van der Waals surface area contributed by atoms with Gasteiger partial charge in [-0.2, -0.15) is 5.10 Å². The Labute approximate surface area is 80.1 Å². The topological polar surface area (TPSA) is 29.9 Å². The van der Waals surface area contributed by atoms with Crippen LogP contribution in [-0.4, -0.2) is 15.8 Å². The predicted octanol–water partition coefficient (Wildman–Crippen LogP) is 1.96. The van der Waals surface area contributed by atoms with Gasteiger partial charge >= 0.3 is 0 Å². The number of nitrogens with zero attached hydrogens (tertiary/aromatic N) is 2. The van der Waals surface area contributed by atoms with E-state index in [1.165, 1.54) is 0 Å². The second kappa shape index (κ2) is 4.42. The Balaban J connectivity index is 2.49. The first-order valence-corrected chi connectivity index (χ1v) is 4.87. The molecule has 0 saturated carbocycles. The molecule has 3 heteroatoms. The van der Waals surface area contributed by atoms with Gasteiger partial charge in [-0.1, -0.05) is 13.8 Å². The SMILES string of the molecule is CC(C)NCc1ccn(C(C)C)n1. The van der Waals surface area contributed by atoms with Crippen molar-refractivity contribution in [3.8, 4) is 0 Å². The van der Waals surface area contributed by atoms with Crippen molar-refractivity contribution in [1.82, 2.24) is 15.1 Å². The van der Waals surface area contributed by atoms with Crippen LogP contribution < -0.4 is 5.32 Å². The van der Waals surface area contributed by atoms with Gasteiger partial charge in [-0.3, -0.25) is 4.68 Å². The van der Waals surface area contributed by atoms with Crippen molar-refractivity contribution in [3.05, 3.63) is 18.0 Å². The molecular weight excluding hydrogens is 162 g/mol. The van der Waals surface area contributed by atoms with Gasteiger partial charge in [-0.15, -0.1) is 0 Å². The second-order valence-electron chi connectivity index (χ2n) is 3.92.